The van der Waals surface area contributed by atoms with Crippen molar-refractivity contribution in [1.29, 1.82) is 0 Å². The van der Waals surface area contributed by atoms with E-state index in [9.17, 15) is 4.79 Å². The Labute approximate surface area is 167 Å². The number of thioether (sulfide) groups is 1. The number of aromatic nitrogens is 3. The van der Waals surface area contributed by atoms with Gasteiger partial charge in [-0.2, -0.15) is 0 Å². The molecule has 0 unspecified atom stereocenters. The van der Waals surface area contributed by atoms with E-state index in [4.69, 9.17) is 16.3 Å². The zero-order valence-electron chi connectivity index (χ0n) is 14.9. The third-order valence-electron chi connectivity index (χ3n) is 4.62. The molecule has 0 atom stereocenters. The molecule has 144 valence electrons. The number of hydrogen-bond acceptors (Lipinski definition) is 6. The highest BCUT2D eigenvalue weighted by molar-refractivity contribution is 7.99. The molecule has 1 N–H and O–H groups in total. The lowest BCUT2D eigenvalue weighted by molar-refractivity contribution is -0.118. The number of carbonyl (C=O) groups excluding carboxylic acids is 1. The number of amides is 1. The van der Waals surface area contributed by atoms with E-state index < -0.39 is 0 Å². The number of benzene rings is 1. The van der Waals surface area contributed by atoms with Crippen molar-refractivity contribution in [3.05, 3.63) is 34.9 Å². The highest BCUT2D eigenvalue weighted by Crippen LogP contribution is 2.41. The lowest BCUT2D eigenvalue weighted by Gasteiger charge is -2.27. The SMILES string of the molecule is O=C(CSc1nnc(N2CCOCC2)n1C1CC1)NCc1ccccc1Cl. The van der Waals surface area contributed by atoms with E-state index in [0.717, 1.165) is 42.6 Å². The van der Waals surface area contributed by atoms with Crippen LogP contribution in [0.25, 0.3) is 0 Å². The first-order valence-corrected chi connectivity index (χ1v) is 10.5. The van der Waals surface area contributed by atoms with Crippen LogP contribution in [0.1, 0.15) is 24.4 Å². The molecule has 0 spiro atoms. The Bertz CT molecular complexity index is 805. The zero-order valence-corrected chi connectivity index (χ0v) is 16.5. The first-order valence-electron chi connectivity index (χ1n) is 9.13. The predicted molar refractivity (Wildman–Crippen MR) is 105 cm³/mol. The molecule has 1 saturated heterocycles. The van der Waals surface area contributed by atoms with Gasteiger partial charge in [-0.1, -0.05) is 41.6 Å². The van der Waals surface area contributed by atoms with Crippen molar-refractivity contribution in [3.8, 4) is 0 Å². The highest BCUT2D eigenvalue weighted by atomic mass is 35.5. The molecule has 4 rings (SSSR count). The highest BCUT2D eigenvalue weighted by Gasteiger charge is 2.32. The topological polar surface area (TPSA) is 72.3 Å². The number of ether oxygens (including phenoxy) is 1. The van der Waals surface area contributed by atoms with Crippen molar-refractivity contribution < 1.29 is 9.53 Å². The van der Waals surface area contributed by atoms with Crippen molar-refractivity contribution in [2.75, 3.05) is 37.0 Å². The van der Waals surface area contributed by atoms with Gasteiger partial charge in [0.2, 0.25) is 11.9 Å². The van der Waals surface area contributed by atoms with Crippen LogP contribution < -0.4 is 10.2 Å². The van der Waals surface area contributed by atoms with E-state index in [1.807, 2.05) is 24.3 Å². The van der Waals surface area contributed by atoms with Crippen LogP contribution >= 0.6 is 23.4 Å². The fourth-order valence-corrected chi connectivity index (χ4v) is 4.05. The van der Waals surface area contributed by atoms with Gasteiger partial charge in [0.1, 0.15) is 0 Å². The van der Waals surface area contributed by atoms with Crippen molar-refractivity contribution >= 4 is 35.2 Å². The number of nitrogens with one attached hydrogen (secondary N) is 1. The first kappa shape index (κ1) is 18.6. The molecule has 1 aliphatic heterocycles. The van der Waals surface area contributed by atoms with Gasteiger partial charge in [0.15, 0.2) is 5.16 Å². The fourth-order valence-electron chi connectivity index (χ4n) is 3.02. The first-order chi connectivity index (χ1) is 13.2. The number of halogens is 1. The van der Waals surface area contributed by atoms with Gasteiger partial charge in [-0.3, -0.25) is 9.36 Å². The summed E-state index contributed by atoms with van der Waals surface area (Å²) >= 11 is 7.56. The molecule has 0 radical (unpaired) electrons. The van der Waals surface area contributed by atoms with Gasteiger partial charge < -0.3 is 15.0 Å². The molecule has 7 nitrogen and oxygen atoms in total. The van der Waals surface area contributed by atoms with E-state index in [-0.39, 0.29) is 5.91 Å². The van der Waals surface area contributed by atoms with Gasteiger partial charge >= 0.3 is 0 Å². The molecule has 2 fully saturated rings. The van der Waals surface area contributed by atoms with Crippen LogP contribution in [0.15, 0.2) is 29.4 Å². The summed E-state index contributed by atoms with van der Waals surface area (Å²) < 4.78 is 7.62. The zero-order chi connectivity index (χ0) is 18.6. The average molecular weight is 408 g/mol. The van der Waals surface area contributed by atoms with Crippen molar-refractivity contribution in [3.63, 3.8) is 0 Å². The lowest BCUT2D eigenvalue weighted by Crippen LogP contribution is -2.38. The second kappa shape index (κ2) is 8.50. The van der Waals surface area contributed by atoms with Gasteiger partial charge in [0.05, 0.1) is 19.0 Å². The van der Waals surface area contributed by atoms with Gasteiger partial charge in [-0.15, -0.1) is 10.2 Å². The van der Waals surface area contributed by atoms with E-state index in [0.29, 0.717) is 36.6 Å². The Morgan fingerprint density at radius 2 is 2.04 bits per heavy atom. The monoisotopic (exact) mass is 407 g/mol. The molecule has 1 amide bonds. The maximum atomic E-state index is 12.2. The second-order valence-corrected chi connectivity index (χ2v) is 7.99. The van der Waals surface area contributed by atoms with Crippen LogP contribution in [0, 0.1) is 0 Å². The summed E-state index contributed by atoms with van der Waals surface area (Å²) in [5.74, 6) is 1.16. The quantitative estimate of drug-likeness (QED) is 0.711. The fraction of sp³-hybridized carbons (Fsp3) is 0.500. The summed E-state index contributed by atoms with van der Waals surface area (Å²) in [5.41, 5.74) is 0.910. The average Bonchev–Trinajstić information content (AvgIpc) is 3.45. The van der Waals surface area contributed by atoms with Gasteiger partial charge in [-0.25, -0.2) is 0 Å². The predicted octanol–water partition coefficient (Wildman–Crippen LogP) is 2.51. The van der Waals surface area contributed by atoms with Crippen LogP contribution in [-0.2, 0) is 16.1 Å². The largest absolute Gasteiger partial charge is 0.378 e. The number of rotatable bonds is 7. The Balaban J connectivity index is 1.36. The van der Waals surface area contributed by atoms with Crippen LogP contribution in [0.5, 0.6) is 0 Å². The number of hydrogen-bond donors (Lipinski definition) is 1. The summed E-state index contributed by atoms with van der Waals surface area (Å²) in [6.07, 6.45) is 2.28. The van der Waals surface area contributed by atoms with Crippen molar-refractivity contribution in [2.24, 2.45) is 0 Å². The molecule has 0 bridgehead atoms. The minimum absolute atomic E-state index is 0.0433. The summed E-state index contributed by atoms with van der Waals surface area (Å²) in [7, 11) is 0. The molecule has 1 aliphatic carbocycles. The minimum atomic E-state index is -0.0433. The molecule has 1 saturated carbocycles. The van der Waals surface area contributed by atoms with Gasteiger partial charge in [-0.05, 0) is 24.5 Å². The lowest BCUT2D eigenvalue weighted by atomic mass is 10.2. The molecule has 1 aromatic carbocycles. The Hall–Kier alpha value is -1.77. The molecule has 9 heteroatoms. The summed E-state index contributed by atoms with van der Waals surface area (Å²) in [4.78, 5) is 14.5. The smallest absolute Gasteiger partial charge is 0.230 e. The Kier molecular flexibility index (Phi) is 5.85. The van der Waals surface area contributed by atoms with Crippen molar-refractivity contribution in [1.82, 2.24) is 20.1 Å². The minimum Gasteiger partial charge on any atom is -0.378 e. The van der Waals surface area contributed by atoms with Crippen LogP contribution in [0.2, 0.25) is 5.02 Å². The Morgan fingerprint density at radius 1 is 1.26 bits per heavy atom. The molecule has 2 aliphatic rings. The van der Waals surface area contributed by atoms with Crippen LogP contribution in [0.4, 0.5) is 5.95 Å². The number of carbonyl (C=O) groups is 1. The number of morpholine rings is 1. The Morgan fingerprint density at radius 3 is 2.78 bits per heavy atom. The van der Waals surface area contributed by atoms with Crippen LogP contribution in [0.3, 0.4) is 0 Å². The molecule has 2 aromatic rings. The van der Waals surface area contributed by atoms with E-state index in [2.05, 4.69) is 25.0 Å². The van der Waals surface area contributed by atoms with Gasteiger partial charge in [0, 0.05) is 30.7 Å². The van der Waals surface area contributed by atoms with E-state index in [1.165, 1.54) is 11.8 Å². The molecular formula is C18H22ClN5O2S. The van der Waals surface area contributed by atoms with Crippen LogP contribution in [-0.4, -0.2) is 52.7 Å². The van der Waals surface area contributed by atoms with Crippen molar-refractivity contribution in [2.45, 2.75) is 30.6 Å². The summed E-state index contributed by atoms with van der Waals surface area (Å²) in [6, 6.07) is 7.97. The number of anilines is 1. The summed E-state index contributed by atoms with van der Waals surface area (Å²) in [6.45, 7) is 3.50. The molecule has 1 aromatic heterocycles. The molecule has 2 heterocycles. The molecule has 27 heavy (non-hydrogen) atoms. The molecular weight excluding hydrogens is 386 g/mol. The normalized spacial score (nSPS) is 17.1. The van der Waals surface area contributed by atoms with E-state index in [1.54, 1.807) is 0 Å². The third-order valence-corrected chi connectivity index (χ3v) is 5.93. The maximum absolute atomic E-state index is 12.2. The van der Waals surface area contributed by atoms with Gasteiger partial charge in [0.25, 0.3) is 0 Å². The third kappa shape index (κ3) is 4.56. The second-order valence-electron chi connectivity index (χ2n) is 6.64. The van der Waals surface area contributed by atoms with E-state index >= 15 is 0 Å². The number of nitrogens with zero attached hydrogens (tertiary/aromatic N) is 4. The summed E-state index contributed by atoms with van der Waals surface area (Å²) in [5, 5.41) is 13.1. The maximum Gasteiger partial charge on any atom is 0.230 e. The standard InChI is InChI=1S/C18H22ClN5O2S/c19-15-4-2-1-3-13(15)11-20-16(25)12-27-18-22-21-17(24(18)14-5-6-14)23-7-9-26-10-8-23/h1-4,14H,5-12H2,(H,20,25).